The Balaban J connectivity index is 2.22. The van der Waals surface area contributed by atoms with Crippen molar-refractivity contribution in [2.75, 3.05) is 7.11 Å². The summed E-state index contributed by atoms with van der Waals surface area (Å²) in [7, 11) is 1.25. The molecule has 0 bridgehead atoms. The molecule has 0 amide bonds. The van der Waals surface area contributed by atoms with Crippen LogP contribution in [0.2, 0.25) is 0 Å². The van der Waals surface area contributed by atoms with Gasteiger partial charge in [-0.15, -0.1) is 0 Å². The number of fused-ring (bicyclic) bond motifs is 1. The topological polar surface area (TPSA) is 78.6 Å². The Morgan fingerprint density at radius 1 is 1.56 bits per heavy atom. The third-order valence-electron chi connectivity index (χ3n) is 3.22. The van der Waals surface area contributed by atoms with Crippen LogP contribution in [0.5, 0.6) is 0 Å². The van der Waals surface area contributed by atoms with E-state index in [0.29, 0.717) is 0 Å². The highest BCUT2D eigenvalue weighted by Gasteiger charge is 2.42. The second-order valence-corrected chi connectivity index (χ2v) is 4.19. The van der Waals surface area contributed by atoms with Crippen LogP contribution in [0, 0.1) is 5.92 Å². The van der Waals surface area contributed by atoms with Gasteiger partial charge in [0.1, 0.15) is 17.9 Å². The van der Waals surface area contributed by atoms with Crippen LogP contribution in [-0.2, 0) is 19.1 Å². The average molecular weight is 225 g/mol. The summed E-state index contributed by atoms with van der Waals surface area (Å²) in [6.45, 7) is 0. The lowest BCUT2D eigenvalue weighted by Gasteiger charge is -2.37. The Morgan fingerprint density at radius 3 is 3.00 bits per heavy atom. The van der Waals surface area contributed by atoms with Crippen molar-refractivity contribution in [2.24, 2.45) is 11.7 Å². The minimum Gasteiger partial charge on any atom is -0.495 e. The van der Waals surface area contributed by atoms with Crippen molar-refractivity contribution in [2.45, 2.75) is 31.4 Å². The van der Waals surface area contributed by atoms with Crippen LogP contribution < -0.4 is 5.73 Å². The maximum Gasteiger partial charge on any atom is 0.344 e. The maximum absolute atomic E-state index is 12.0. The summed E-state index contributed by atoms with van der Waals surface area (Å²) in [5, 5.41) is 0. The first kappa shape index (κ1) is 11.1. The number of hydrogen-bond acceptors (Lipinski definition) is 5. The molecule has 0 aromatic rings. The molecular formula is C11H15NO4. The molecule has 5 heteroatoms. The fourth-order valence-electron chi connectivity index (χ4n) is 2.34. The predicted molar refractivity (Wildman–Crippen MR) is 55.3 cm³/mol. The molecule has 0 aromatic carbocycles. The smallest absolute Gasteiger partial charge is 0.344 e. The molecule has 1 aliphatic heterocycles. The molecule has 0 radical (unpaired) electrons. The van der Waals surface area contributed by atoms with Gasteiger partial charge in [-0.3, -0.25) is 4.79 Å². The van der Waals surface area contributed by atoms with Gasteiger partial charge < -0.3 is 15.2 Å². The molecular weight excluding hydrogens is 210 g/mol. The van der Waals surface area contributed by atoms with Gasteiger partial charge in [-0.25, -0.2) is 4.79 Å². The number of ketones is 1. The van der Waals surface area contributed by atoms with E-state index in [4.69, 9.17) is 10.5 Å². The van der Waals surface area contributed by atoms with Crippen LogP contribution in [0.4, 0.5) is 0 Å². The van der Waals surface area contributed by atoms with Crippen LogP contribution >= 0.6 is 0 Å². The SMILES string of the molecule is COC(=O)C1=COC2C(N)CCCC2C1=O. The van der Waals surface area contributed by atoms with E-state index >= 15 is 0 Å². The van der Waals surface area contributed by atoms with Gasteiger partial charge in [0.05, 0.1) is 13.0 Å². The van der Waals surface area contributed by atoms with Gasteiger partial charge in [0.25, 0.3) is 0 Å². The third kappa shape index (κ3) is 1.71. The highest BCUT2D eigenvalue weighted by atomic mass is 16.5. The summed E-state index contributed by atoms with van der Waals surface area (Å²) in [6, 6.07) is -0.127. The monoisotopic (exact) mass is 225 g/mol. The van der Waals surface area contributed by atoms with Crippen LogP contribution in [0.3, 0.4) is 0 Å². The molecule has 2 rings (SSSR count). The van der Waals surface area contributed by atoms with E-state index in [0.717, 1.165) is 19.3 Å². The Labute approximate surface area is 93.6 Å². The number of carbonyl (C=O) groups is 2. The number of Topliss-reactive ketones (excluding diaryl/α,β-unsaturated/α-hetero) is 1. The molecule has 5 nitrogen and oxygen atoms in total. The zero-order valence-electron chi connectivity index (χ0n) is 9.14. The second kappa shape index (κ2) is 4.25. The van der Waals surface area contributed by atoms with E-state index in [-0.39, 0.29) is 29.4 Å². The van der Waals surface area contributed by atoms with Crippen LogP contribution in [0.25, 0.3) is 0 Å². The molecule has 1 fully saturated rings. The summed E-state index contributed by atoms with van der Waals surface area (Å²) in [5.74, 6) is -1.12. The first-order valence-corrected chi connectivity index (χ1v) is 5.39. The number of ether oxygens (including phenoxy) is 2. The molecule has 0 saturated heterocycles. The third-order valence-corrected chi connectivity index (χ3v) is 3.22. The van der Waals surface area contributed by atoms with Gasteiger partial charge in [-0.05, 0) is 12.8 Å². The molecule has 1 saturated carbocycles. The van der Waals surface area contributed by atoms with Crippen LogP contribution in [0.15, 0.2) is 11.8 Å². The van der Waals surface area contributed by atoms with Gasteiger partial charge in [0, 0.05) is 6.04 Å². The van der Waals surface area contributed by atoms with Crippen LogP contribution in [-0.4, -0.2) is 31.0 Å². The number of esters is 1. The standard InChI is InChI=1S/C11H15NO4/c1-15-11(14)7-5-16-10-6(9(7)13)3-2-4-8(10)12/h5-6,8,10H,2-4,12H2,1H3. The van der Waals surface area contributed by atoms with Gasteiger partial charge >= 0.3 is 5.97 Å². The number of hydrogen-bond donors (Lipinski definition) is 1. The lowest BCUT2D eigenvalue weighted by atomic mass is 9.78. The molecule has 1 aliphatic carbocycles. The fraction of sp³-hybridized carbons (Fsp3) is 0.636. The zero-order valence-corrected chi connectivity index (χ0v) is 9.14. The quantitative estimate of drug-likeness (QED) is 0.507. The fourth-order valence-corrected chi connectivity index (χ4v) is 2.34. The van der Waals surface area contributed by atoms with Crippen molar-refractivity contribution in [3.8, 4) is 0 Å². The Bertz CT molecular complexity index is 350. The molecule has 0 spiro atoms. The lowest BCUT2D eigenvalue weighted by molar-refractivity contribution is -0.141. The molecule has 16 heavy (non-hydrogen) atoms. The van der Waals surface area contributed by atoms with Crippen molar-refractivity contribution in [1.29, 1.82) is 0 Å². The molecule has 2 N–H and O–H groups in total. The van der Waals surface area contributed by atoms with Gasteiger partial charge in [-0.1, -0.05) is 6.42 Å². The number of rotatable bonds is 1. The first-order chi connectivity index (χ1) is 7.65. The molecule has 88 valence electrons. The minimum absolute atomic E-state index is 0.00199. The zero-order chi connectivity index (χ0) is 11.7. The summed E-state index contributed by atoms with van der Waals surface area (Å²) in [6.07, 6.45) is 3.39. The normalized spacial score (nSPS) is 33.5. The van der Waals surface area contributed by atoms with E-state index in [1.807, 2.05) is 0 Å². The van der Waals surface area contributed by atoms with E-state index in [9.17, 15) is 9.59 Å². The summed E-state index contributed by atoms with van der Waals surface area (Å²) >= 11 is 0. The number of carbonyl (C=O) groups excluding carboxylic acids is 2. The summed E-state index contributed by atoms with van der Waals surface area (Å²) in [4.78, 5) is 23.3. The first-order valence-electron chi connectivity index (χ1n) is 5.39. The van der Waals surface area contributed by atoms with Gasteiger partial charge in [0.15, 0.2) is 5.78 Å². The van der Waals surface area contributed by atoms with E-state index in [1.165, 1.54) is 13.4 Å². The molecule has 2 aliphatic rings. The largest absolute Gasteiger partial charge is 0.495 e. The summed E-state index contributed by atoms with van der Waals surface area (Å²) < 4.78 is 9.92. The molecule has 3 atom stereocenters. The number of methoxy groups -OCH3 is 1. The van der Waals surface area contributed by atoms with Crippen LogP contribution in [0.1, 0.15) is 19.3 Å². The molecule has 0 aromatic heterocycles. The van der Waals surface area contributed by atoms with E-state index < -0.39 is 5.97 Å². The molecule has 3 unspecified atom stereocenters. The Hall–Kier alpha value is -1.36. The number of nitrogens with two attached hydrogens (primary N) is 1. The van der Waals surface area contributed by atoms with Crippen molar-refractivity contribution >= 4 is 11.8 Å². The molecule has 1 heterocycles. The van der Waals surface area contributed by atoms with Crippen molar-refractivity contribution in [1.82, 2.24) is 0 Å². The lowest BCUT2D eigenvalue weighted by Crippen LogP contribution is -2.50. The van der Waals surface area contributed by atoms with E-state index in [2.05, 4.69) is 4.74 Å². The minimum atomic E-state index is -0.636. The second-order valence-electron chi connectivity index (χ2n) is 4.19. The average Bonchev–Trinajstić information content (AvgIpc) is 2.30. The summed E-state index contributed by atoms with van der Waals surface area (Å²) in [5.41, 5.74) is 5.88. The highest BCUT2D eigenvalue weighted by Crippen LogP contribution is 2.32. The van der Waals surface area contributed by atoms with Crippen molar-refractivity contribution < 1.29 is 19.1 Å². The van der Waals surface area contributed by atoms with Gasteiger partial charge in [0.2, 0.25) is 0 Å². The maximum atomic E-state index is 12.0. The Morgan fingerprint density at radius 2 is 2.31 bits per heavy atom. The van der Waals surface area contributed by atoms with Crippen molar-refractivity contribution in [3.63, 3.8) is 0 Å². The van der Waals surface area contributed by atoms with Gasteiger partial charge in [-0.2, -0.15) is 0 Å². The Kier molecular flexibility index (Phi) is 2.96. The highest BCUT2D eigenvalue weighted by molar-refractivity contribution is 6.18. The van der Waals surface area contributed by atoms with E-state index in [1.54, 1.807) is 0 Å². The predicted octanol–water partition coefficient (Wildman–Crippen LogP) is 0.139. The van der Waals surface area contributed by atoms with Crippen molar-refractivity contribution in [3.05, 3.63) is 11.8 Å².